The zero-order valence-corrected chi connectivity index (χ0v) is 20.0. The fourth-order valence-electron chi connectivity index (χ4n) is 5.77. The molecule has 2 heterocycles. The normalized spacial score (nSPS) is 11.8. The summed E-state index contributed by atoms with van der Waals surface area (Å²) in [5, 5.41) is 9.66. The Hall–Kier alpha value is -4.95. The van der Waals surface area contributed by atoms with Gasteiger partial charge in [0.15, 0.2) is 0 Å². The lowest BCUT2D eigenvalue weighted by Gasteiger charge is -2.10. The summed E-state index contributed by atoms with van der Waals surface area (Å²) >= 11 is 0. The summed E-state index contributed by atoms with van der Waals surface area (Å²) < 4.78 is 6.50. The highest BCUT2D eigenvalue weighted by Gasteiger charge is 2.15. The van der Waals surface area contributed by atoms with E-state index in [0.717, 1.165) is 49.7 Å². The lowest BCUT2D eigenvalue weighted by molar-refractivity contribution is 0.670. The second kappa shape index (κ2) is 7.78. The van der Waals surface area contributed by atoms with Gasteiger partial charge in [0.2, 0.25) is 0 Å². The third-order valence-corrected chi connectivity index (χ3v) is 7.52. The largest absolute Gasteiger partial charge is 0.455 e. The molecule has 0 aliphatic heterocycles. The van der Waals surface area contributed by atoms with Crippen LogP contribution in [-0.4, -0.2) is 4.98 Å². The summed E-state index contributed by atoms with van der Waals surface area (Å²) in [6.45, 7) is 0. The van der Waals surface area contributed by atoms with Crippen LogP contribution in [0.4, 0.5) is 0 Å². The molecule has 2 aromatic heterocycles. The molecule has 8 rings (SSSR count). The van der Waals surface area contributed by atoms with Crippen molar-refractivity contribution in [3.05, 3.63) is 128 Å². The van der Waals surface area contributed by atoms with Gasteiger partial charge in [-0.05, 0) is 50.7 Å². The molecule has 0 radical (unpaired) electrons. The number of fused-ring (bicyclic) bond motifs is 8. The van der Waals surface area contributed by atoms with E-state index in [1.165, 1.54) is 26.9 Å². The topological polar surface area (TPSA) is 26.0 Å². The van der Waals surface area contributed by atoms with Crippen molar-refractivity contribution in [1.29, 1.82) is 0 Å². The molecule has 2 heteroatoms. The van der Waals surface area contributed by atoms with E-state index in [-0.39, 0.29) is 0 Å². The summed E-state index contributed by atoms with van der Waals surface area (Å²) in [4.78, 5) is 4.83. The Labute approximate surface area is 213 Å². The van der Waals surface area contributed by atoms with Gasteiger partial charge in [-0.1, -0.05) is 103 Å². The van der Waals surface area contributed by atoms with E-state index in [1.54, 1.807) is 0 Å². The monoisotopic (exact) mass is 471 g/mol. The minimum atomic E-state index is 0.876. The van der Waals surface area contributed by atoms with Gasteiger partial charge in [0.25, 0.3) is 0 Å². The molecule has 6 aromatic carbocycles. The Morgan fingerprint density at radius 3 is 2.14 bits per heavy atom. The van der Waals surface area contributed by atoms with E-state index in [4.69, 9.17) is 9.40 Å². The Morgan fingerprint density at radius 2 is 1.19 bits per heavy atom. The highest BCUT2D eigenvalue weighted by atomic mass is 16.3. The fourth-order valence-corrected chi connectivity index (χ4v) is 5.77. The van der Waals surface area contributed by atoms with Crippen molar-refractivity contribution in [3.63, 3.8) is 0 Å². The first-order valence-electron chi connectivity index (χ1n) is 12.6. The van der Waals surface area contributed by atoms with Crippen molar-refractivity contribution < 1.29 is 4.42 Å². The number of hydrogen-bond donors (Lipinski definition) is 0. The van der Waals surface area contributed by atoms with E-state index >= 15 is 0 Å². The summed E-state index contributed by atoms with van der Waals surface area (Å²) in [5.74, 6) is 0. The van der Waals surface area contributed by atoms with Crippen molar-refractivity contribution in [3.8, 4) is 22.4 Å². The first kappa shape index (κ1) is 20.3. The van der Waals surface area contributed by atoms with Crippen LogP contribution >= 0.6 is 0 Å². The maximum Gasteiger partial charge on any atom is 0.143 e. The standard InChI is InChI=1S/C35H21NO/c1-2-7-22(8-3-1)26-11-6-12-32-30-16-14-24(21-33(30)37-35(26)32)34-31-18-17-27-25-10-5-4-9-23(25)13-15-28(27)29(31)19-20-36-34/h1-21H. The van der Waals surface area contributed by atoms with Gasteiger partial charge in [-0.2, -0.15) is 0 Å². The predicted molar refractivity (Wildman–Crippen MR) is 155 cm³/mol. The van der Waals surface area contributed by atoms with Crippen LogP contribution in [0.3, 0.4) is 0 Å². The minimum absolute atomic E-state index is 0.876. The molecule has 0 fully saturated rings. The quantitative estimate of drug-likeness (QED) is 0.235. The molecular weight excluding hydrogens is 450 g/mol. The lowest BCUT2D eigenvalue weighted by Crippen LogP contribution is -1.88. The van der Waals surface area contributed by atoms with Crippen LogP contribution < -0.4 is 0 Å². The van der Waals surface area contributed by atoms with Gasteiger partial charge >= 0.3 is 0 Å². The molecule has 8 aromatic rings. The molecule has 0 saturated heterocycles. The van der Waals surface area contributed by atoms with Crippen LogP contribution in [0, 0.1) is 0 Å². The molecule has 0 aliphatic carbocycles. The van der Waals surface area contributed by atoms with Crippen LogP contribution in [-0.2, 0) is 0 Å². The number of pyridine rings is 1. The van der Waals surface area contributed by atoms with Crippen molar-refractivity contribution in [1.82, 2.24) is 4.98 Å². The van der Waals surface area contributed by atoms with Crippen molar-refractivity contribution in [2.24, 2.45) is 0 Å². The molecule has 0 bridgehead atoms. The summed E-state index contributed by atoms with van der Waals surface area (Å²) in [7, 11) is 0. The molecule has 0 atom stereocenters. The average molecular weight is 472 g/mol. The van der Waals surface area contributed by atoms with Gasteiger partial charge in [0.1, 0.15) is 11.2 Å². The summed E-state index contributed by atoms with van der Waals surface area (Å²) in [6.07, 6.45) is 1.92. The van der Waals surface area contributed by atoms with Gasteiger partial charge in [-0.3, -0.25) is 4.98 Å². The second-order valence-electron chi connectivity index (χ2n) is 9.56. The van der Waals surface area contributed by atoms with Crippen molar-refractivity contribution in [2.75, 3.05) is 0 Å². The van der Waals surface area contributed by atoms with Gasteiger partial charge in [-0.25, -0.2) is 0 Å². The van der Waals surface area contributed by atoms with Gasteiger partial charge in [-0.15, -0.1) is 0 Å². The van der Waals surface area contributed by atoms with Gasteiger partial charge in [0, 0.05) is 33.5 Å². The van der Waals surface area contributed by atoms with Crippen LogP contribution in [0.1, 0.15) is 0 Å². The van der Waals surface area contributed by atoms with Crippen molar-refractivity contribution in [2.45, 2.75) is 0 Å². The highest BCUT2D eigenvalue weighted by Crippen LogP contribution is 2.39. The number of nitrogens with zero attached hydrogens (tertiary/aromatic N) is 1. The number of furan rings is 1. The maximum absolute atomic E-state index is 6.50. The minimum Gasteiger partial charge on any atom is -0.455 e. The first-order valence-corrected chi connectivity index (χ1v) is 12.6. The summed E-state index contributed by atoms with van der Waals surface area (Å²) in [6, 6.07) is 42.8. The Bertz CT molecular complexity index is 2140. The second-order valence-corrected chi connectivity index (χ2v) is 9.56. The Kier molecular flexibility index (Phi) is 4.26. The third kappa shape index (κ3) is 3.03. The Morgan fingerprint density at radius 1 is 0.459 bits per heavy atom. The average Bonchev–Trinajstić information content (AvgIpc) is 3.35. The van der Waals surface area contributed by atoms with E-state index in [0.29, 0.717) is 0 Å². The van der Waals surface area contributed by atoms with E-state index in [1.807, 2.05) is 12.3 Å². The van der Waals surface area contributed by atoms with Crippen LogP contribution in [0.15, 0.2) is 132 Å². The van der Waals surface area contributed by atoms with Gasteiger partial charge < -0.3 is 4.42 Å². The summed E-state index contributed by atoms with van der Waals surface area (Å²) in [5.41, 5.74) is 6.09. The van der Waals surface area contributed by atoms with E-state index < -0.39 is 0 Å². The molecule has 0 N–H and O–H groups in total. The number of aromatic nitrogens is 1. The molecule has 2 nitrogen and oxygen atoms in total. The van der Waals surface area contributed by atoms with Crippen molar-refractivity contribution >= 4 is 54.3 Å². The molecular formula is C35H21NO. The molecule has 0 amide bonds. The molecule has 0 unspecified atom stereocenters. The number of rotatable bonds is 2. The molecule has 0 saturated carbocycles. The van der Waals surface area contributed by atoms with Gasteiger partial charge in [0.05, 0.1) is 5.69 Å². The molecule has 0 spiro atoms. The highest BCUT2D eigenvalue weighted by molar-refractivity contribution is 6.19. The Balaban J connectivity index is 1.35. The third-order valence-electron chi connectivity index (χ3n) is 7.52. The number of benzene rings is 6. The van der Waals surface area contributed by atoms with E-state index in [9.17, 15) is 0 Å². The van der Waals surface area contributed by atoms with Crippen LogP contribution in [0.25, 0.3) is 76.6 Å². The smallest absolute Gasteiger partial charge is 0.143 e. The molecule has 37 heavy (non-hydrogen) atoms. The predicted octanol–water partition coefficient (Wildman–Crippen LogP) is 9.77. The fraction of sp³-hybridized carbons (Fsp3) is 0. The van der Waals surface area contributed by atoms with E-state index in [2.05, 4.69) is 115 Å². The number of para-hydroxylation sites is 1. The SMILES string of the molecule is c1ccc(-c2cccc3c2oc2cc(-c4nccc5c4ccc4c6ccccc6ccc54)ccc23)cc1. The maximum atomic E-state index is 6.50. The lowest BCUT2D eigenvalue weighted by atomic mass is 9.95. The zero-order valence-electron chi connectivity index (χ0n) is 20.0. The van der Waals surface area contributed by atoms with Crippen LogP contribution in [0.2, 0.25) is 0 Å². The molecule has 172 valence electrons. The number of hydrogen-bond acceptors (Lipinski definition) is 2. The zero-order chi connectivity index (χ0) is 24.3. The first-order chi connectivity index (χ1) is 18.3. The van der Waals surface area contributed by atoms with Crippen LogP contribution in [0.5, 0.6) is 0 Å². The molecule has 0 aliphatic rings.